The number of nitrogens with one attached hydrogen (secondary N) is 1. The first kappa shape index (κ1) is 17.6. The van der Waals surface area contributed by atoms with Crippen LogP contribution in [0.25, 0.3) is 0 Å². The van der Waals surface area contributed by atoms with E-state index in [-0.39, 0.29) is 11.7 Å². The predicted octanol–water partition coefficient (Wildman–Crippen LogP) is 3.64. The van der Waals surface area contributed by atoms with E-state index in [0.29, 0.717) is 17.6 Å². The quantitative estimate of drug-likeness (QED) is 0.640. The largest absolute Gasteiger partial charge is 0.325 e. The van der Waals surface area contributed by atoms with Gasteiger partial charge in [0.05, 0.1) is 12.3 Å². The third kappa shape index (κ3) is 4.90. The van der Waals surface area contributed by atoms with Gasteiger partial charge in [0.25, 0.3) is 0 Å². The second kappa shape index (κ2) is 8.26. The van der Waals surface area contributed by atoms with Crippen LogP contribution >= 0.6 is 23.1 Å². The zero-order valence-corrected chi connectivity index (χ0v) is 15.7. The Kier molecular flexibility index (Phi) is 5.83. The van der Waals surface area contributed by atoms with Crippen molar-refractivity contribution in [3.8, 4) is 0 Å². The van der Waals surface area contributed by atoms with E-state index in [1.54, 1.807) is 16.0 Å². The molecule has 2 heterocycles. The Morgan fingerprint density at radius 2 is 2.08 bits per heavy atom. The Balaban J connectivity index is 1.53. The van der Waals surface area contributed by atoms with Crippen LogP contribution in [-0.4, -0.2) is 31.9 Å². The minimum absolute atomic E-state index is 0.0760. The second-order valence-electron chi connectivity index (χ2n) is 5.81. The van der Waals surface area contributed by atoms with Crippen LogP contribution in [0.5, 0.6) is 0 Å². The zero-order chi connectivity index (χ0) is 17.6. The average Bonchev–Trinajstić information content (AvgIpc) is 3.26. The van der Waals surface area contributed by atoms with Gasteiger partial charge in [0, 0.05) is 10.6 Å². The van der Waals surface area contributed by atoms with Crippen molar-refractivity contribution in [2.24, 2.45) is 0 Å². The van der Waals surface area contributed by atoms with Crippen molar-refractivity contribution in [3.05, 3.63) is 52.2 Å². The highest BCUT2D eigenvalue weighted by atomic mass is 32.2. The van der Waals surface area contributed by atoms with Gasteiger partial charge in [-0.1, -0.05) is 43.8 Å². The van der Waals surface area contributed by atoms with E-state index < -0.39 is 0 Å². The number of carbonyl (C=O) groups excluding carboxylic acids is 1. The number of nitrogens with zero attached hydrogens (tertiary/aromatic N) is 4. The third-order valence-corrected chi connectivity index (χ3v) is 5.40. The molecule has 0 aliphatic rings. The maximum Gasteiger partial charge on any atom is 0.234 e. The SMILES string of the molecule is CC(C)c1ccc(NC(=O)CSc2nnnn2Cc2cccs2)cc1. The summed E-state index contributed by atoms with van der Waals surface area (Å²) >= 11 is 2.98. The van der Waals surface area contributed by atoms with Crippen LogP contribution in [0.3, 0.4) is 0 Å². The van der Waals surface area contributed by atoms with E-state index in [4.69, 9.17) is 0 Å². The molecule has 1 N–H and O–H groups in total. The van der Waals surface area contributed by atoms with Gasteiger partial charge in [0.1, 0.15) is 0 Å². The number of thioether (sulfide) groups is 1. The van der Waals surface area contributed by atoms with E-state index in [0.717, 1.165) is 5.69 Å². The molecule has 6 nitrogen and oxygen atoms in total. The minimum atomic E-state index is -0.0760. The van der Waals surface area contributed by atoms with Gasteiger partial charge in [-0.3, -0.25) is 4.79 Å². The predicted molar refractivity (Wildman–Crippen MR) is 101 cm³/mol. The van der Waals surface area contributed by atoms with Gasteiger partial charge in [-0.15, -0.1) is 16.4 Å². The summed E-state index contributed by atoms with van der Waals surface area (Å²) in [5.74, 6) is 0.659. The average molecular weight is 374 g/mol. The highest BCUT2D eigenvalue weighted by molar-refractivity contribution is 7.99. The molecule has 25 heavy (non-hydrogen) atoms. The lowest BCUT2D eigenvalue weighted by Gasteiger charge is -2.08. The first-order valence-corrected chi connectivity index (χ1v) is 9.79. The van der Waals surface area contributed by atoms with Gasteiger partial charge in [0.2, 0.25) is 11.1 Å². The molecule has 1 amide bonds. The normalized spacial score (nSPS) is 11.0. The van der Waals surface area contributed by atoms with E-state index >= 15 is 0 Å². The maximum atomic E-state index is 12.1. The van der Waals surface area contributed by atoms with Gasteiger partial charge in [-0.2, -0.15) is 0 Å². The Labute approximate surface area is 154 Å². The molecule has 0 saturated carbocycles. The molecule has 2 aromatic heterocycles. The van der Waals surface area contributed by atoms with Crippen LogP contribution in [0.4, 0.5) is 5.69 Å². The molecule has 1 aromatic carbocycles. The highest BCUT2D eigenvalue weighted by Crippen LogP contribution is 2.19. The summed E-state index contributed by atoms with van der Waals surface area (Å²) in [6, 6.07) is 12.0. The first-order valence-electron chi connectivity index (χ1n) is 7.93. The Morgan fingerprint density at radius 3 is 2.76 bits per heavy atom. The van der Waals surface area contributed by atoms with E-state index in [9.17, 15) is 4.79 Å². The van der Waals surface area contributed by atoms with Gasteiger partial charge in [-0.25, -0.2) is 4.68 Å². The lowest BCUT2D eigenvalue weighted by Crippen LogP contribution is -2.14. The second-order valence-corrected chi connectivity index (χ2v) is 7.79. The van der Waals surface area contributed by atoms with E-state index in [1.165, 1.54) is 22.2 Å². The zero-order valence-electron chi connectivity index (χ0n) is 14.0. The lowest BCUT2D eigenvalue weighted by molar-refractivity contribution is -0.113. The van der Waals surface area contributed by atoms with Crippen LogP contribution < -0.4 is 5.32 Å². The molecule has 0 spiro atoms. The number of rotatable bonds is 7. The standard InChI is InChI=1S/C17H19N5OS2/c1-12(2)13-5-7-14(8-6-13)18-16(23)11-25-17-19-20-21-22(17)10-15-4-3-9-24-15/h3-9,12H,10-11H2,1-2H3,(H,18,23). The van der Waals surface area contributed by atoms with Crippen molar-refractivity contribution in [2.75, 3.05) is 11.1 Å². The fourth-order valence-electron chi connectivity index (χ4n) is 2.23. The molecule has 0 saturated heterocycles. The Morgan fingerprint density at radius 1 is 1.28 bits per heavy atom. The molecule has 0 atom stereocenters. The van der Waals surface area contributed by atoms with Crippen LogP contribution in [0, 0.1) is 0 Å². The van der Waals surface area contributed by atoms with Crippen LogP contribution in [0.1, 0.15) is 30.2 Å². The van der Waals surface area contributed by atoms with Crippen LogP contribution in [0.15, 0.2) is 46.9 Å². The molecule has 0 aliphatic heterocycles. The van der Waals surface area contributed by atoms with Gasteiger partial charge in [-0.05, 0) is 45.5 Å². The lowest BCUT2D eigenvalue weighted by atomic mass is 10.0. The molecule has 130 valence electrons. The number of tetrazole rings is 1. The Bertz CT molecular complexity index is 812. The fourth-order valence-corrected chi connectivity index (χ4v) is 3.59. The molecule has 0 unspecified atom stereocenters. The topological polar surface area (TPSA) is 72.7 Å². The fraction of sp³-hybridized carbons (Fsp3) is 0.294. The summed E-state index contributed by atoms with van der Waals surface area (Å²) < 4.78 is 1.71. The minimum Gasteiger partial charge on any atom is -0.325 e. The van der Waals surface area contributed by atoms with E-state index in [2.05, 4.69) is 34.7 Å². The van der Waals surface area contributed by atoms with Gasteiger partial charge >= 0.3 is 0 Å². The van der Waals surface area contributed by atoms with Crippen molar-refractivity contribution in [1.29, 1.82) is 0 Å². The molecule has 3 aromatic rings. The molecule has 8 heteroatoms. The third-order valence-electron chi connectivity index (χ3n) is 3.58. The number of carbonyl (C=O) groups is 1. The van der Waals surface area contributed by atoms with Gasteiger partial charge in [0.15, 0.2) is 0 Å². The summed E-state index contributed by atoms with van der Waals surface area (Å²) in [7, 11) is 0. The highest BCUT2D eigenvalue weighted by Gasteiger charge is 2.11. The number of aromatic nitrogens is 4. The molecule has 0 aliphatic carbocycles. The first-order chi connectivity index (χ1) is 12.1. The Hall–Kier alpha value is -2.19. The van der Waals surface area contributed by atoms with Crippen molar-refractivity contribution < 1.29 is 4.79 Å². The smallest absolute Gasteiger partial charge is 0.234 e. The number of amides is 1. The molecule has 0 bridgehead atoms. The van der Waals surface area contributed by atoms with Crippen molar-refractivity contribution >= 4 is 34.7 Å². The summed E-state index contributed by atoms with van der Waals surface area (Å²) in [5.41, 5.74) is 2.05. The molecule has 0 fully saturated rings. The number of anilines is 1. The monoisotopic (exact) mass is 373 g/mol. The van der Waals surface area contributed by atoms with E-state index in [1.807, 2.05) is 41.8 Å². The molecular formula is C17H19N5OS2. The number of hydrogen-bond acceptors (Lipinski definition) is 6. The summed E-state index contributed by atoms with van der Waals surface area (Å²) in [6.45, 7) is 4.90. The van der Waals surface area contributed by atoms with Crippen molar-refractivity contribution in [3.63, 3.8) is 0 Å². The van der Waals surface area contributed by atoms with Crippen molar-refractivity contribution in [2.45, 2.75) is 31.5 Å². The molecule has 3 rings (SSSR count). The van der Waals surface area contributed by atoms with Crippen LogP contribution in [-0.2, 0) is 11.3 Å². The summed E-state index contributed by atoms with van der Waals surface area (Å²) in [5, 5.41) is 17.2. The summed E-state index contributed by atoms with van der Waals surface area (Å²) in [6.07, 6.45) is 0. The maximum absolute atomic E-state index is 12.1. The number of benzene rings is 1. The molecule has 0 radical (unpaired) electrons. The summed E-state index contributed by atoms with van der Waals surface area (Å²) in [4.78, 5) is 13.3. The number of thiophene rings is 1. The van der Waals surface area contributed by atoms with Crippen LogP contribution in [0.2, 0.25) is 0 Å². The van der Waals surface area contributed by atoms with Crippen molar-refractivity contribution in [1.82, 2.24) is 20.2 Å². The number of hydrogen-bond donors (Lipinski definition) is 1. The van der Waals surface area contributed by atoms with Gasteiger partial charge < -0.3 is 5.32 Å². The molecular weight excluding hydrogens is 354 g/mol.